The molecule has 132 valence electrons. The van der Waals surface area contributed by atoms with Crippen molar-refractivity contribution in [1.82, 2.24) is 10.2 Å². The summed E-state index contributed by atoms with van der Waals surface area (Å²) in [4.78, 5) is 25.8. The lowest BCUT2D eigenvalue weighted by Crippen LogP contribution is -2.42. The SMILES string of the molecule is CCCNC(=O)CCC1CCCN(C(=O)Nc2ccc(F)cc2)C1. The summed E-state index contributed by atoms with van der Waals surface area (Å²) in [6.45, 7) is 4.12. The molecular formula is C18H26FN3O2. The van der Waals surface area contributed by atoms with Gasteiger partial charge in [0.1, 0.15) is 5.82 Å². The Morgan fingerprint density at radius 3 is 2.75 bits per heavy atom. The molecule has 1 heterocycles. The molecule has 1 aliphatic rings. The van der Waals surface area contributed by atoms with Crippen LogP contribution in [0.15, 0.2) is 24.3 Å². The van der Waals surface area contributed by atoms with Crippen molar-refractivity contribution in [2.24, 2.45) is 5.92 Å². The van der Waals surface area contributed by atoms with Crippen LogP contribution in [0.5, 0.6) is 0 Å². The van der Waals surface area contributed by atoms with E-state index in [-0.39, 0.29) is 17.8 Å². The summed E-state index contributed by atoms with van der Waals surface area (Å²) in [7, 11) is 0. The molecule has 0 bridgehead atoms. The molecule has 6 heteroatoms. The number of nitrogens with zero attached hydrogens (tertiary/aromatic N) is 1. The number of likely N-dealkylation sites (tertiary alicyclic amines) is 1. The van der Waals surface area contributed by atoms with Crippen LogP contribution in [0, 0.1) is 11.7 Å². The van der Waals surface area contributed by atoms with Gasteiger partial charge in [-0.3, -0.25) is 4.79 Å². The molecule has 1 aliphatic heterocycles. The topological polar surface area (TPSA) is 61.4 Å². The fraction of sp³-hybridized carbons (Fsp3) is 0.556. The quantitative estimate of drug-likeness (QED) is 0.837. The molecule has 0 aromatic heterocycles. The van der Waals surface area contributed by atoms with E-state index in [1.807, 2.05) is 6.92 Å². The predicted molar refractivity (Wildman–Crippen MR) is 92.3 cm³/mol. The van der Waals surface area contributed by atoms with Gasteiger partial charge in [0, 0.05) is 31.7 Å². The summed E-state index contributed by atoms with van der Waals surface area (Å²) in [5, 5.41) is 5.67. The number of piperidine rings is 1. The first-order chi connectivity index (χ1) is 11.6. The van der Waals surface area contributed by atoms with Crippen LogP contribution in [-0.4, -0.2) is 36.5 Å². The van der Waals surface area contributed by atoms with Crippen LogP contribution in [0.2, 0.25) is 0 Å². The lowest BCUT2D eigenvalue weighted by atomic mass is 9.93. The van der Waals surface area contributed by atoms with Crippen molar-refractivity contribution in [3.8, 4) is 0 Å². The number of hydrogen-bond donors (Lipinski definition) is 2. The molecule has 1 saturated heterocycles. The summed E-state index contributed by atoms with van der Waals surface area (Å²) in [6, 6.07) is 5.58. The van der Waals surface area contributed by atoms with Crippen molar-refractivity contribution in [2.45, 2.75) is 39.0 Å². The molecule has 3 amide bonds. The van der Waals surface area contributed by atoms with Gasteiger partial charge < -0.3 is 15.5 Å². The molecule has 2 rings (SSSR count). The van der Waals surface area contributed by atoms with E-state index in [4.69, 9.17) is 0 Å². The number of nitrogens with one attached hydrogen (secondary N) is 2. The third kappa shape index (κ3) is 5.83. The van der Waals surface area contributed by atoms with E-state index >= 15 is 0 Å². The van der Waals surface area contributed by atoms with Crippen LogP contribution >= 0.6 is 0 Å². The van der Waals surface area contributed by atoms with Gasteiger partial charge >= 0.3 is 6.03 Å². The summed E-state index contributed by atoms with van der Waals surface area (Å²) in [6.07, 6.45) is 4.24. The number of benzene rings is 1. The molecular weight excluding hydrogens is 309 g/mol. The maximum Gasteiger partial charge on any atom is 0.321 e. The first-order valence-corrected chi connectivity index (χ1v) is 8.66. The first kappa shape index (κ1) is 18.2. The normalized spacial score (nSPS) is 17.4. The molecule has 0 aliphatic carbocycles. The number of urea groups is 1. The van der Waals surface area contributed by atoms with Crippen LogP contribution in [0.3, 0.4) is 0 Å². The Morgan fingerprint density at radius 1 is 1.29 bits per heavy atom. The Bertz CT molecular complexity index is 548. The minimum absolute atomic E-state index is 0.0877. The van der Waals surface area contributed by atoms with Gasteiger partial charge in [-0.2, -0.15) is 0 Å². The number of halogens is 1. The minimum Gasteiger partial charge on any atom is -0.356 e. The second-order valence-electron chi connectivity index (χ2n) is 6.28. The fourth-order valence-electron chi connectivity index (χ4n) is 2.91. The van der Waals surface area contributed by atoms with Crippen molar-refractivity contribution < 1.29 is 14.0 Å². The first-order valence-electron chi connectivity index (χ1n) is 8.66. The summed E-state index contributed by atoms with van der Waals surface area (Å²) < 4.78 is 12.9. The Balaban J connectivity index is 1.78. The lowest BCUT2D eigenvalue weighted by molar-refractivity contribution is -0.121. The van der Waals surface area contributed by atoms with Crippen molar-refractivity contribution in [1.29, 1.82) is 0 Å². The highest BCUT2D eigenvalue weighted by molar-refractivity contribution is 5.89. The zero-order valence-corrected chi connectivity index (χ0v) is 14.2. The second kappa shape index (κ2) is 9.25. The number of hydrogen-bond acceptors (Lipinski definition) is 2. The lowest BCUT2D eigenvalue weighted by Gasteiger charge is -2.32. The van der Waals surface area contributed by atoms with Gasteiger partial charge in [0.2, 0.25) is 5.91 Å². The van der Waals surface area contributed by atoms with Gasteiger partial charge in [-0.15, -0.1) is 0 Å². The van der Waals surface area contributed by atoms with Crippen molar-refractivity contribution in [3.63, 3.8) is 0 Å². The number of rotatable bonds is 6. The van der Waals surface area contributed by atoms with Crippen molar-refractivity contribution in [2.75, 3.05) is 25.0 Å². The van der Waals surface area contributed by atoms with Crippen molar-refractivity contribution >= 4 is 17.6 Å². The van der Waals surface area contributed by atoms with Gasteiger partial charge in [0.05, 0.1) is 0 Å². The molecule has 1 atom stereocenters. The molecule has 0 spiro atoms. The van der Waals surface area contributed by atoms with Crippen LogP contribution < -0.4 is 10.6 Å². The molecule has 1 unspecified atom stereocenters. The van der Waals surface area contributed by atoms with E-state index < -0.39 is 0 Å². The standard InChI is InChI=1S/C18H26FN3O2/c1-2-11-20-17(23)10-5-14-4-3-12-22(13-14)18(24)21-16-8-6-15(19)7-9-16/h6-9,14H,2-5,10-13H2,1H3,(H,20,23)(H,21,24). The average molecular weight is 335 g/mol. The molecule has 1 aromatic carbocycles. The van der Waals surface area contributed by atoms with Crippen LogP contribution in [0.1, 0.15) is 39.0 Å². The van der Waals surface area contributed by atoms with Gasteiger partial charge in [-0.1, -0.05) is 6.92 Å². The molecule has 24 heavy (non-hydrogen) atoms. The van der Waals surface area contributed by atoms with E-state index in [0.29, 0.717) is 31.1 Å². The smallest absolute Gasteiger partial charge is 0.321 e. The average Bonchev–Trinajstić information content (AvgIpc) is 2.60. The van der Waals surface area contributed by atoms with Crippen LogP contribution in [0.25, 0.3) is 0 Å². The van der Waals surface area contributed by atoms with Gasteiger partial charge in [0.25, 0.3) is 0 Å². The Labute approximate surface area is 142 Å². The Hall–Kier alpha value is -2.11. The highest BCUT2D eigenvalue weighted by Gasteiger charge is 2.24. The maximum atomic E-state index is 12.9. The number of carbonyl (C=O) groups excluding carboxylic acids is 2. The second-order valence-corrected chi connectivity index (χ2v) is 6.28. The van der Waals surface area contributed by atoms with Gasteiger partial charge in [0.15, 0.2) is 0 Å². The Morgan fingerprint density at radius 2 is 2.04 bits per heavy atom. The highest BCUT2D eigenvalue weighted by atomic mass is 19.1. The molecule has 0 radical (unpaired) electrons. The van der Waals surface area contributed by atoms with Gasteiger partial charge in [-0.25, -0.2) is 9.18 Å². The van der Waals surface area contributed by atoms with E-state index in [1.165, 1.54) is 12.1 Å². The third-order valence-corrected chi connectivity index (χ3v) is 4.25. The Kier molecular flexibility index (Phi) is 7.03. The van der Waals surface area contributed by atoms with Crippen LogP contribution in [-0.2, 0) is 4.79 Å². The zero-order chi connectivity index (χ0) is 17.4. The fourth-order valence-corrected chi connectivity index (χ4v) is 2.91. The molecule has 0 saturated carbocycles. The molecule has 1 fully saturated rings. The third-order valence-electron chi connectivity index (χ3n) is 4.25. The number of amides is 3. The predicted octanol–water partition coefficient (Wildman–Crippen LogP) is 3.38. The van der Waals surface area contributed by atoms with Crippen molar-refractivity contribution in [3.05, 3.63) is 30.1 Å². The van der Waals surface area contributed by atoms with Gasteiger partial charge in [-0.05, 0) is 55.9 Å². The van der Waals surface area contributed by atoms with E-state index in [9.17, 15) is 14.0 Å². The maximum absolute atomic E-state index is 12.9. The van der Waals surface area contributed by atoms with E-state index in [1.54, 1.807) is 17.0 Å². The largest absolute Gasteiger partial charge is 0.356 e. The minimum atomic E-state index is -0.326. The monoisotopic (exact) mass is 335 g/mol. The van der Waals surface area contributed by atoms with E-state index in [0.717, 1.165) is 32.2 Å². The molecule has 5 nitrogen and oxygen atoms in total. The summed E-state index contributed by atoms with van der Waals surface area (Å²) >= 11 is 0. The highest BCUT2D eigenvalue weighted by Crippen LogP contribution is 2.22. The summed E-state index contributed by atoms with van der Waals surface area (Å²) in [5.74, 6) is 0.113. The number of carbonyl (C=O) groups is 2. The summed E-state index contributed by atoms with van der Waals surface area (Å²) in [5.41, 5.74) is 0.586. The zero-order valence-electron chi connectivity index (χ0n) is 14.2. The molecule has 2 N–H and O–H groups in total. The van der Waals surface area contributed by atoms with Crippen LogP contribution in [0.4, 0.5) is 14.9 Å². The number of anilines is 1. The molecule has 1 aromatic rings. The van der Waals surface area contributed by atoms with E-state index in [2.05, 4.69) is 10.6 Å².